The van der Waals surface area contributed by atoms with Crippen molar-refractivity contribution in [3.63, 3.8) is 0 Å². The van der Waals surface area contributed by atoms with Crippen molar-refractivity contribution in [3.8, 4) is 0 Å². The second-order valence-corrected chi connectivity index (χ2v) is 15.3. The molecule has 0 aliphatic rings. The highest BCUT2D eigenvalue weighted by molar-refractivity contribution is 8.77. The van der Waals surface area contributed by atoms with Crippen LogP contribution in [0.5, 0.6) is 0 Å². The molecule has 0 aliphatic heterocycles. The summed E-state index contributed by atoms with van der Waals surface area (Å²) in [5.74, 6) is 2.47. The third kappa shape index (κ3) is 21.9. The minimum Gasteiger partial charge on any atom is -0.130 e. The SMILES string of the molecule is CCCCCCCCCCCCSSc1nnc(SSCCCCCCCCCCCC)s1. The van der Waals surface area contributed by atoms with Gasteiger partial charge in [-0.05, 0) is 34.4 Å². The van der Waals surface area contributed by atoms with Gasteiger partial charge in [0.2, 0.25) is 0 Å². The molecule has 0 atom stereocenters. The van der Waals surface area contributed by atoms with E-state index in [9.17, 15) is 0 Å². The van der Waals surface area contributed by atoms with Crippen LogP contribution in [-0.2, 0) is 0 Å². The maximum absolute atomic E-state index is 4.36. The van der Waals surface area contributed by atoms with Crippen LogP contribution in [0, 0.1) is 0 Å². The second kappa shape index (κ2) is 26.0. The fourth-order valence-corrected chi connectivity index (χ4v) is 9.61. The predicted molar refractivity (Wildman–Crippen MR) is 160 cm³/mol. The van der Waals surface area contributed by atoms with Crippen LogP contribution >= 0.6 is 54.5 Å². The van der Waals surface area contributed by atoms with Gasteiger partial charge in [0.05, 0.1) is 0 Å². The van der Waals surface area contributed by atoms with Crippen molar-refractivity contribution < 1.29 is 0 Å². The van der Waals surface area contributed by atoms with Gasteiger partial charge in [-0.1, -0.05) is 162 Å². The molecule has 0 radical (unpaired) electrons. The van der Waals surface area contributed by atoms with E-state index in [-0.39, 0.29) is 0 Å². The van der Waals surface area contributed by atoms with E-state index < -0.39 is 0 Å². The van der Waals surface area contributed by atoms with Crippen molar-refractivity contribution in [2.45, 2.75) is 151 Å². The summed E-state index contributed by atoms with van der Waals surface area (Å²) in [6.45, 7) is 4.58. The van der Waals surface area contributed by atoms with Gasteiger partial charge in [0, 0.05) is 11.5 Å². The zero-order valence-electron chi connectivity index (χ0n) is 21.5. The Hall–Kier alpha value is 0.960. The highest BCUT2D eigenvalue weighted by Crippen LogP contribution is 2.39. The molecule has 0 unspecified atom stereocenters. The van der Waals surface area contributed by atoms with Crippen LogP contribution in [0.15, 0.2) is 8.68 Å². The molecule has 1 heterocycles. The Morgan fingerprint density at radius 1 is 0.455 bits per heavy atom. The number of hydrogen-bond donors (Lipinski definition) is 0. The van der Waals surface area contributed by atoms with Crippen LogP contribution < -0.4 is 0 Å². The number of unbranched alkanes of at least 4 members (excludes halogenated alkanes) is 18. The number of hydrogen-bond acceptors (Lipinski definition) is 7. The maximum Gasteiger partial charge on any atom is 0.185 e. The van der Waals surface area contributed by atoms with E-state index >= 15 is 0 Å². The molecule has 0 aliphatic carbocycles. The lowest BCUT2D eigenvalue weighted by Gasteiger charge is -2.02. The molecule has 194 valence electrons. The first-order valence-corrected chi connectivity index (χ1v) is 19.2. The lowest BCUT2D eigenvalue weighted by Crippen LogP contribution is -1.83. The van der Waals surface area contributed by atoms with E-state index in [0.29, 0.717) is 0 Å². The molecule has 0 amide bonds. The predicted octanol–water partition coefficient (Wildman–Crippen LogP) is 11.9. The minimum atomic E-state index is 1.12. The summed E-state index contributed by atoms with van der Waals surface area (Å²) >= 11 is 1.76. The third-order valence-electron chi connectivity index (χ3n) is 5.81. The van der Waals surface area contributed by atoms with E-state index in [4.69, 9.17) is 0 Å². The van der Waals surface area contributed by atoms with Gasteiger partial charge in [-0.15, -0.1) is 10.2 Å². The normalized spacial score (nSPS) is 11.5. The van der Waals surface area contributed by atoms with Crippen LogP contribution in [0.1, 0.15) is 142 Å². The average Bonchev–Trinajstić information content (AvgIpc) is 3.28. The fourth-order valence-electron chi connectivity index (χ4n) is 3.75. The summed E-state index contributed by atoms with van der Waals surface area (Å²) in [7, 11) is 7.55. The smallest absolute Gasteiger partial charge is 0.130 e. The van der Waals surface area contributed by atoms with E-state index in [0.717, 1.165) is 8.68 Å². The molecular formula is C26H50N2S5. The third-order valence-corrected chi connectivity index (χ3v) is 12.2. The molecule has 0 saturated heterocycles. The zero-order valence-corrected chi connectivity index (χ0v) is 25.6. The summed E-state index contributed by atoms with van der Waals surface area (Å²) in [4.78, 5) is 0. The Kier molecular flexibility index (Phi) is 25.2. The fraction of sp³-hybridized carbons (Fsp3) is 0.923. The van der Waals surface area contributed by atoms with Crippen molar-refractivity contribution >= 4 is 54.5 Å². The van der Waals surface area contributed by atoms with Crippen molar-refractivity contribution in [3.05, 3.63) is 0 Å². The van der Waals surface area contributed by atoms with Crippen molar-refractivity contribution in [2.24, 2.45) is 0 Å². The molecule has 7 heteroatoms. The molecule has 0 spiro atoms. The lowest BCUT2D eigenvalue weighted by molar-refractivity contribution is 0.563. The summed E-state index contributed by atoms with van der Waals surface area (Å²) in [6, 6.07) is 0. The molecule has 0 N–H and O–H groups in total. The number of aromatic nitrogens is 2. The molecule has 1 rings (SSSR count). The van der Waals surface area contributed by atoms with Crippen molar-refractivity contribution in [1.82, 2.24) is 10.2 Å². The van der Waals surface area contributed by atoms with E-state index in [1.807, 2.05) is 43.2 Å². The van der Waals surface area contributed by atoms with Gasteiger partial charge in [0.15, 0.2) is 8.68 Å². The molecule has 0 aromatic carbocycles. The van der Waals surface area contributed by atoms with E-state index in [2.05, 4.69) is 24.0 Å². The molecular weight excluding hydrogens is 501 g/mol. The van der Waals surface area contributed by atoms with Gasteiger partial charge in [-0.25, -0.2) is 0 Å². The molecule has 33 heavy (non-hydrogen) atoms. The number of rotatable bonds is 26. The van der Waals surface area contributed by atoms with Crippen LogP contribution in [0.3, 0.4) is 0 Å². The van der Waals surface area contributed by atoms with Crippen molar-refractivity contribution in [1.29, 1.82) is 0 Å². The first-order chi connectivity index (χ1) is 16.4. The Morgan fingerprint density at radius 3 is 1.09 bits per heavy atom. The molecule has 2 nitrogen and oxygen atoms in total. The maximum atomic E-state index is 4.36. The van der Waals surface area contributed by atoms with Crippen LogP contribution in [0.4, 0.5) is 0 Å². The van der Waals surface area contributed by atoms with Gasteiger partial charge in [0.25, 0.3) is 0 Å². The number of nitrogens with zero attached hydrogens (tertiary/aromatic N) is 2. The van der Waals surface area contributed by atoms with Gasteiger partial charge in [-0.3, -0.25) is 0 Å². The summed E-state index contributed by atoms with van der Waals surface area (Å²) in [6.07, 6.45) is 28.2. The molecule has 0 fully saturated rings. The molecule has 1 aromatic rings. The van der Waals surface area contributed by atoms with Crippen LogP contribution in [0.25, 0.3) is 0 Å². The van der Waals surface area contributed by atoms with Crippen LogP contribution in [0.2, 0.25) is 0 Å². The van der Waals surface area contributed by atoms with Crippen molar-refractivity contribution in [2.75, 3.05) is 11.5 Å². The molecule has 1 aromatic heterocycles. The largest absolute Gasteiger partial charge is 0.185 e. The summed E-state index contributed by atoms with van der Waals surface area (Å²) < 4.78 is 2.24. The van der Waals surface area contributed by atoms with E-state index in [1.165, 1.54) is 140 Å². The summed E-state index contributed by atoms with van der Waals surface area (Å²) in [5.41, 5.74) is 0. The quantitative estimate of drug-likeness (QED) is 0.0840. The highest BCUT2D eigenvalue weighted by atomic mass is 33.1. The first kappa shape index (κ1) is 32.0. The lowest BCUT2D eigenvalue weighted by atomic mass is 10.1. The highest BCUT2D eigenvalue weighted by Gasteiger charge is 2.06. The minimum absolute atomic E-state index is 1.12. The second-order valence-electron chi connectivity index (χ2n) is 9.01. The molecule has 0 saturated carbocycles. The van der Waals surface area contributed by atoms with Gasteiger partial charge in [-0.2, -0.15) is 0 Å². The standard InChI is InChI=1S/C26H50N2S5/c1-3-5-7-9-11-13-15-17-19-21-23-29-32-25-27-28-26(31-25)33-30-24-22-20-18-16-14-12-10-8-6-4-2/h3-24H2,1-2H3. The topological polar surface area (TPSA) is 25.8 Å². The summed E-state index contributed by atoms with van der Waals surface area (Å²) in [5, 5.41) is 8.71. The Labute approximate surface area is 226 Å². The Balaban J connectivity index is 1.84. The first-order valence-electron chi connectivity index (χ1n) is 13.8. The molecule has 0 bridgehead atoms. The average molecular weight is 551 g/mol. The van der Waals surface area contributed by atoms with Gasteiger partial charge in [0.1, 0.15) is 0 Å². The zero-order chi connectivity index (χ0) is 23.7. The van der Waals surface area contributed by atoms with Crippen LogP contribution in [-0.4, -0.2) is 21.7 Å². The Morgan fingerprint density at radius 2 is 0.758 bits per heavy atom. The van der Waals surface area contributed by atoms with Gasteiger partial charge < -0.3 is 0 Å². The Bertz CT molecular complexity index is 470. The van der Waals surface area contributed by atoms with E-state index in [1.54, 1.807) is 11.3 Å². The monoisotopic (exact) mass is 550 g/mol. The van der Waals surface area contributed by atoms with Gasteiger partial charge >= 0.3 is 0 Å².